The molecule has 0 fully saturated rings. The lowest BCUT2D eigenvalue weighted by atomic mass is 9.94. The Morgan fingerprint density at radius 3 is 2.19 bits per heavy atom. The fourth-order valence-corrected chi connectivity index (χ4v) is 2.36. The van der Waals surface area contributed by atoms with Crippen LogP contribution in [0, 0.1) is 0 Å². The Balaban J connectivity index is 2.85. The Bertz CT molecular complexity index is 665. The van der Waals surface area contributed by atoms with Crippen LogP contribution in [0.4, 0.5) is 22.0 Å². The summed E-state index contributed by atoms with van der Waals surface area (Å²) < 4.78 is 65.4. The molecule has 0 heterocycles. The molecule has 0 nitrogen and oxygen atoms in total. The Labute approximate surface area is 127 Å². The van der Waals surface area contributed by atoms with Crippen LogP contribution in [-0.4, -0.2) is 0 Å². The molecule has 21 heavy (non-hydrogen) atoms. The van der Waals surface area contributed by atoms with Crippen LogP contribution in [0.1, 0.15) is 17.6 Å². The van der Waals surface area contributed by atoms with E-state index in [4.69, 9.17) is 23.2 Å². The van der Waals surface area contributed by atoms with E-state index in [0.717, 1.165) is 24.3 Å². The third kappa shape index (κ3) is 3.30. The number of rotatable bonds is 2. The zero-order valence-electron chi connectivity index (χ0n) is 10.2. The zero-order chi connectivity index (χ0) is 15.8. The van der Waals surface area contributed by atoms with E-state index in [2.05, 4.69) is 0 Å². The number of hydrogen-bond donors (Lipinski definition) is 0. The van der Waals surface area contributed by atoms with Crippen LogP contribution in [0.3, 0.4) is 0 Å². The molecule has 2 aromatic carbocycles. The first-order chi connectivity index (χ1) is 9.71. The van der Waals surface area contributed by atoms with Crippen molar-refractivity contribution in [2.24, 2.45) is 0 Å². The van der Waals surface area contributed by atoms with Crippen molar-refractivity contribution in [3.05, 3.63) is 57.6 Å². The molecule has 0 spiro atoms. The maximum Gasteiger partial charge on any atom is 0.417 e. The summed E-state index contributed by atoms with van der Waals surface area (Å²) in [5, 5.41) is 0.0181. The molecule has 0 aromatic heterocycles. The SMILES string of the molecule is FC(F)c1cccc(C(F)(F)F)c1-c1cc(Cl)ccc1Cl. The summed E-state index contributed by atoms with van der Waals surface area (Å²) in [5.74, 6) is 0. The van der Waals surface area contributed by atoms with E-state index in [1.807, 2.05) is 0 Å². The van der Waals surface area contributed by atoms with Crippen molar-refractivity contribution in [2.75, 3.05) is 0 Å². The molecule has 0 saturated carbocycles. The second-order valence-corrected chi connectivity index (χ2v) is 5.04. The van der Waals surface area contributed by atoms with Crippen LogP contribution in [-0.2, 0) is 6.18 Å². The largest absolute Gasteiger partial charge is 0.417 e. The number of benzene rings is 2. The first kappa shape index (κ1) is 16.0. The molecule has 0 unspecified atom stereocenters. The van der Waals surface area contributed by atoms with Crippen molar-refractivity contribution >= 4 is 23.2 Å². The van der Waals surface area contributed by atoms with Gasteiger partial charge in [0.05, 0.1) is 5.56 Å². The summed E-state index contributed by atoms with van der Waals surface area (Å²) in [5.41, 5.74) is -2.74. The first-order valence-corrected chi connectivity index (χ1v) is 6.41. The van der Waals surface area contributed by atoms with Crippen molar-refractivity contribution in [2.45, 2.75) is 12.6 Å². The van der Waals surface area contributed by atoms with Gasteiger partial charge in [0.15, 0.2) is 0 Å². The fraction of sp³-hybridized carbons (Fsp3) is 0.143. The van der Waals surface area contributed by atoms with Gasteiger partial charge in [-0.3, -0.25) is 0 Å². The lowest BCUT2D eigenvalue weighted by molar-refractivity contribution is -0.137. The van der Waals surface area contributed by atoms with Crippen LogP contribution in [0.5, 0.6) is 0 Å². The first-order valence-electron chi connectivity index (χ1n) is 5.65. The average Bonchev–Trinajstić information content (AvgIpc) is 2.39. The molecule has 0 saturated heterocycles. The molecule has 0 aliphatic carbocycles. The minimum absolute atomic E-state index is 0.0852. The Morgan fingerprint density at radius 2 is 1.62 bits per heavy atom. The van der Waals surface area contributed by atoms with Gasteiger partial charge in [0.1, 0.15) is 0 Å². The maximum absolute atomic E-state index is 13.1. The maximum atomic E-state index is 13.1. The summed E-state index contributed by atoms with van der Waals surface area (Å²) in [4.78, 5) is 0. The van der Waals surface area contributed by atoms with Gasteiger partial charge in [-0.1, -0.05) is 35.3 Å². The highest BCUT2D eigenvalue weighted by atomic mass is 35.5. The second kappa shape index (κ2) is 5.81. The van der Waals surface area contributed by atoms with E-state index < -0.39 is 29.3 Å². The van der Waals surface area contributed by atoms with Crippen LogP contribution in [0.25, 0.3) is 11.1 Å². The van der Waals surface area contributed by atoms with Crippen LogP contribution in [0.2, 0.25) is 10.0 Å². The summed E-state index contributed by atoms with van der Waals surface area (Å²) in [6.07, 6.45) is -7.86. The summed E-state index contributed by atoms with van der Waals surface area (Å²) >= 11 is 11.6. The summed E-state index contributed by atoms with van der Waals surface area (Å²) in [6.45, 7) is 0. The molecule has 0 aliphatic heterocycles. The topological polar surface area (TPSA) is 0 Å². The third-order valence-electron chi connectivity index (χ3n) is 2.83. The molecule has 2 rings (SSSR count). The molecule has 0 atom stereocenters. The van der Waals surface area contributed by atoms with Crippen molar-refractivity contribution in [1.82, 2.24) is 0 Å². The summed E-state index contributed by atoms with van der Waals surface area (Å²) in [6, 6.07) is 6.38. The van der Waals surface area contributed by atoms with Crippen molar-refractivity contribution < 1.29 is 22.0 Å². The lowest BCUT2D eigenvalue weighted by Crippen LogP contribution is -2.09. The number of halogens is 7. The minimum Gasteiger partial charge on any atom is -0.205 e. The molecule has 0 amide bonds. The van der Waals surface area contributed by atoms with Gasteiger partial charge in [-0.25, -0.2) is 8.78 Å². The molecule has 0 bridgehead atoms. The van der Waals surface area contributed by atoms with Crippen molar-refractivity contribution in [3.63, 3.8) is 0 Å². The van der Waals surface area contributed by atoms with Crippen LogP contribution >= 0.6 is 23.2 Å². The quantitative estimate of drug-likeness (QED) is 0.539. The second-order valence-electron chi connectivity index (χ2n) is 4.19. The van der Waals surface area contributed by atoms with E-state index in [0.29, 0.717) is 0 Å². The smallest absolute Gasteiger partial charge is 0.205 e. The fourth-order valence-electron chi connectivity index (χ4n) is 1.98. The molecular weight excluding hydrogens is 334 g/mol. The monoisotopic (exact) mass is 340 g/mol. The van der Waals surface area contributed by atoms with Crippen molar-refractivity contribution in [3.8, 4) is 11.1 Å². The average molecular weight is 341 g/mol. The van der Waals surface area contributed by atoms with E-state index in [9.17, 15) is 22.0 Å². The van der Waals surface area contributed by atoms with Gasteiger partial charge in [-0.15, -0.1) is 0 Å². The van der Waals surface area contributed by atoms with Gasteiger partial charge in [0.2, 0.25) is 0 Å². The van der Waals surface area contributed by atoms with E-state index >= 15 is 0 Å². The summed E-state index contributed by atoms with van der Waals surface area (Å²) in [7, 11) is 0. The van der Waals surface area contributed by atoms with E-state index in [1.165, 1.54) is 12.1 Å². The Hall–Kier alpha value is -1.33. The highest BCUT2D eigenvalue weighted by molar-refractivity contribution is 6.35. The molecule has 2 aromatic rings. The molecule has 0 aliphatic rings. The number of alkyl halides is 5. The van der Waals surface area contributed by atoms with E-state index in [1.54, 1.807) is 0 Å². The Morgan fingerprint density at radius 1 is 0.952 bits per heavy atom. The number of hydrogen-bond acceptors (Lipinski definition) is 0. The van der Waals surface area contributed by atoms with Gasteiger partial charge in [0.25, 0.3) is 6.43 Å². The molecule has 7 heteroatoms. The highest BCUT2D eigenvalue weighted by Gasteiger charge is 2.36. The van der Waals surface area contributed by atoms with Crippen LogP contribution in [0.15, 0.2) is 36.4 Å². The Kier molecular flexibility index (Phi) is 4.44. The minimum atomic E-state index is -4.79. The van der Waals surface area contributed by atoms with Crippen LogP contribution < -0.4 is 0 Å². The van der Waals surface area contributed by atoms with E-state index in [-0.39, 0.29) is 15.6 Å². The van der Waals surface area contributed by atoms with Gasteiger partial charge in [-0.2, -0.15) is 13.2 Å². The predicted molar refractivity (Wildman–Crippen MR) is 71.9 cm³/mol. The van der Waals surface area contributed by atoms with Gasteiger partial charge in [-0.05, 0) is 24.3 Å². The third-order valence-corrected chi connectivity index (χ3v) is 3.40. The van der Waals surface area contributed by atoms with Gasteiger partial charge < -0.3 is 0 Å². The van der Waals surface area contributed by atoms with Gasteiger partial charge in [0, 0.05) is 26.7 Å². The lowest BCUT2D eigenvalue weighted by Gasteiger charge is -2.18. The molecule has 0 N–H and O–H groups in total. The normalized spacial score (nSPS) is 12.0. The molecular formula is C14H7Cl2F5. The van der Waals surface area contributed by atoms with Gasteiger partial charge >= 0.3 is 6.18 Å². The highest BCUT2D eigenvalue weighted by Crippen LogP contribution is 2.44. The van der Waals surface area contributed by atoms with Crippen molar-refractivity contribution in [1.29, 1.82) is 0 Å². The zero-order valence-corrected chi connectivity index (χ0v) is 11.7. The predicted octanol–water partition coefficient (Wildman–Crippen LogP) is 6.62. The molecule has 112 valence electrons. The molecule has 0 radical (unpaired) electrons. The standard InChI is InChI=1S/C14H7Cl2F5/c15-7-4-5-11(16)9(6-7)12-8(13(17)18)2-1-3-10(12)14(19,20)21/h1-6,13H.